The maximum atomic E-state index is 12.6. The minimum Gasteiger partial charge on any atom is -0.309 e. The second-order valence-electron chi connectivity index (χ2n) is 5.48. The fourth-order valence-corrected chi connectivity index (χ4v) is 3.83. The van der Waals surface area contributed by atoms with Gasteiger partial charge in [0, 0.05) is 0 Å². The van der Waals surface area contributed by atoms with Crippen LogP contribution >= 0.6 is 7.60 Å². The lowest BCUT2D eigenvalue weighted by molar-refractivity contribution is 0.197. The number of unbranched alkanes of at least 4 members (excludes halogenated alkanes) is 7. The van der Waals surface area contributed by atoms with Gasteiger partial charge in [-0.3, -0.25) is 4.57 Å². The number of hydrogen-bond donors (Lipinski definition) is 0. The van der Waals surface area contributed by atoms with Gasteiger partial charge in [-0.25, -0.2) is 0 Å². The van der Waals surface area contributed by atoms with Crippen LogP contribution in [0.2, 0.25) is 0 Å². The Hall–Kier alpha value is 0.150. The molecule has 0 saturated heterocycles. The predicted molar refractivity (Wildman–Crippen MR) is 87.6 cm³/mol. The van der Waals surface area contributed by atoms with Crippen LogP contribution < -0.4 is 0 Å². The van der Waals surface area contributed by atoms with E-state index in [1.54, 1.807) is 0 Å². The van der Waals surface area contributed by atoms with Gasteiger partial charge in [0.15, 0.2) is 0 Å². The Balaban J connectivity index is 3.91. The van der Waals surface area contributed by atoms with Crippen molar-refractivity contribution >= 4 is 7.60 Å². The molecule has 0 N–H and O–H groups in total. The molecule has 0 amide bonds. The van der Waals surface area contributed by atoms with Crippen molar-refractivity contribution in [1.82, 2.24) is 0 Å². The first-order valence-electron chi connectivity index (χ1n) is 8.56. The van der Waals surface area contributed by atoms with Crippen LogP contribution in [0.3, 0.4) is 0 Å². The second kappa shape index (κ2) is 14.1. The van der Waals surface area contributed by atoms with Crippen molar-refractivity contribution in [1.29, 1.82) is 0 Å². The minimum atomic E-state index is -2.83. The zero-order valence-corrected chi connectivity index (χ0v) is 14.8. The van der Waals surface area contributed by atoms with Crippen LogP contribution in [0.5, 0.6) is 0 Å². The average Bonchev–Trinajstić information content (AvgIpc) is 2.45. The maximum Gasteiger partial charge on any atom is 0.330 e. The van der Waals surface area contributed by atoms with Crippen molar-refractivity contribution in [2.24, 2.45) is 0 Å². The van der Waals surface area contributed by atoms with Gasteiger partial charge in [-0.2, -0.15) is 0 Å². The lowest BCUT2D eigenvalue weighted by Crippen LogP contribution is -2.03. The van der Waals surface area contributed by atoms with Crippen molar-refractivity contribution in [2.75, 3.05) is 19.4 Å². The van der Waals surface area contributed by atoms with Gasteiger partial charge in [0.25, 0.3) is 0 Å². The lowest BCUT2D eigenvalue weighted by atomic mass is 10.2. The molecule has 0 radical (unpaired) electrons. The van der Waals surface area contributed by atoms with E-state index in [-0.39, 0.29) is 0 Å². The SMILES string of the molecule is CCCCCCOP(=O)(CCCC)OCCCCCC. The van der Waals surface area contributed by atoms with Gasteiger partial charge in [0.1, 0.15) is 0 Å². The Bertz CT molecular complexity index is 226. The first kappa shape index (κ1) is 20.1. The van der Waals surface area contributed by atoms with Gasteiger partial charge in [0.2, 0.25) is 0 Å². The molecule has 0 bridgehead atoms. The van der Waals surface area contributed by atoms with Crippen LogP contribution in [0.15, 0.2) is 0 Å². The quantitative estimate of drug-likeness (QED) is 0.268. The van der Waals surface area contributed by atoms with E-state index in [0.29, 0.717) is 19.4 Å². The first-order chi connectivity index (χ1) is 9.68. The van der Waals surface area contributed by atoms with Gasteiger partial charge < -0.3 is 9.05 Å². The molecule has 0 atom stereocenters. The molecule has 122 valence electrons. The topological polar surface area (TPSA) is 35.5 Å². The molecule has 0 aliphatic rings. The van der Waals surface area contributed by atoms with Crippen molar-refractivity contribution in [2.45, 2.75) is 85.0 Å². The van der Waals surface area contributed by atoms with E-state index in [2.05, 4.69) is 20.8 Å². The van der Waals surface area contributed by atoms with Crippen LogP contribution in [0, 0.1) is 0 Å². The van der Waals surface area contributed by atoms with Gasteiger partial charge in [-0.1, -0.05) is 65.7 Å². The highest BCUT2D eigenvalue weighted by atomic mass is 31.2. The summed E-state index contributed by atoms with van der Waals surface area (Å²) in [5, 5.41) is 0. The van der Waals surface area contributed by atoms with Gasteiger partial charge in [-0.15, -0.1) is 0 Å². The fraction of sp³-hybridized carbons (Fsp3) is 1.00. The molecule has 0 aliphatic heterocycles. The molecule has 0 aliphatic carbocycles. The summed E-state index contributed by atoms with van der Waals surface area (Å²) in [6.07, 6.45) is 11.7. The van der Waals surface area contributed by atoms with Crippen molar-refractivity contribution in [3.8, 4) is 0 Å². The second-order valence-corrected chi connectivity index (χ2v) is 7.66. The first-order valence-corrected chi connectivity index (χ1v) is 10.3. The average molecular weight is 306 g/mol. The maximum absolute atomic E-state index is 12.6. The molecular weight excluding hydrogens is 271 g/mol. The Labute approximate surface area is 126 Å². The van der Waals surface area contributed by atoms with E-state index in [1.165, 1.54) is 25.7 Å². The summed E-state index contributed by atoms with van der Waals surface area (Å²) < 4.78 is 23.8. The zero-order chi connectivity index (χ0) is 15.1. The zero-order valence-electron chi connectivity index (χ0n) is 13.9. The van der Waals surface area contributed by atoms with E-state index in [4.69, 9.17) is 9.05 Å². The van der Waals surface area contributed by atoms with Crippen LogP contribution in [-0.4, -0.2) is 19.4 Å². The predicted octanol–water partition coefficient (Wildman–Crippen LogP) is 6.17. The molecule has 3 nitrogen and oxygen atoms in total. The third-order valence-electron chi connectivity index (χ3n) is 3.36. The Kier molecular flexibility index (Phi) is 14.2. The van der Waals surface area contributed by atoms with Crippen LogP contribution in [0.25, 0.3) is 0 Å². The molecule has 0 heterocycles. The van der Waals surface area contributed by atoms with E-state index in [9.17, 15) is 4.57 Å². The Morgan fingerprint density at radius 1 is 0.650 bits per heavy atom. The smallest absolute Gasteiger partial charge is 0.309 e. The minimum absolute atomic E-state index is 0.574. The van der Waals surface area contributed by atoms with Gasteiger partial charge >= 0.3 is 7.60 Å². The summed E-state index contributed by atoms with van der Waals surface area (Å²) in [6.45, 7) is 7.64. The van der Waals surface area contributed by atoms with Crippen LogP contribution in [-0.2, 0) is 13.6 Å². The van der Waals surface area contributed by atoms with Gasteiger partial charge in [-0.05, 0) is 19.3 Å². The largest absolute Gasteiger partial charge is 0.330 e. The van der Waals surface area contributed by atoms with Crippen molar-refractivity contribution in [3.63, 3.8) is 0 Å². The molecule has 0 saturated carbocycles. The number of rotatable bonds is 15. The van der Waals surface area contributed by atoms with Gasteiger partial charge in [0.05, 0.1) is 19.4 Å². The van der Waals surface area contributed by atoms with Crippen LogP contribution in [0.4, 0.5) is 0 Å². The Morgan fingerprint density at radius 2 is 1.10 bits per heavy atom. The standard InChI is InChI=1S/C16H35O3P/c1-4-7-10-12-14-18-20(17,16-9-6-3)19-15-13-11-8-5-2/h4-16H2,1-3H3. The van der Waals surface area contributed by atoms with Crippen molar-refractivity contribution in [3.05, 3.63) is 0 Å². The molecule has 4 heteroatoms. The highest BCUT2D eigenvalue weighted by Gasteiger charge is 2.23. The van der Waals surface area contributed by atoms with E-state index in [0.717, 1.165) is 38.5 Å². The van der Waals surface area contributed by atoms with Crippen molar-refractivity contribution < 1.29 is 13.6 Å². The molecule has 0 spiro atoms. The summed E-state index contributed by atoms with van der Waals surface area (Å²) in [4.78, 5) is 0. The lowest BCUT2D eigenvalue weighted by Gasteiger charge is -2.18. The highest BCUT2D eigenvalue weighted by Crippen LogP contribution is 2.49. The third kappa shape index (κ3) is 11.9. The highest BCUT2D eigenvalue weighted by molar-refractivity contribution is 7.53. The Morgan fingerprint density at radius 3 is 1.50 bits per heavy atom. The summed E-state index contributed by atoms with van der Waals surface area (Å²) in [5.41, 5.74) is 0. The van der Waals surface area contributed by atoms with Crippen LogP contribution in [0.1, 0.15) is 85.0 Å². The van der Waals surface area contributed by atoms with E-state index in [1.807, 2.05) is 0 Å². The summed E-state index contributed by atoms with van der Waals surface area (Å²) in [5.74, 6) is 0. The molecular formula is C16H35O3P. The summed E-state index contributed by atoms with van der Waals surface area (Å²) in [7, 11) is -2.83. The molecule has 0 rings (SSSR count). The molecule has 0 aromatic heterocycles. The monoisotopic (exact) mass is 306 g/mol. The number of hydrogen-bond acceptors (Lipinski definition) is 3. The molecule has 0 fully saturated rings. The fourth-order valence-electron chi connectivity index (χ4n) is 1.98. The van der Waals surface area contributed by atoms with E-state index >= 15 is 0 Å². The third-order valence-corrected chi connectivity index (χ3v) is 5.37. The van der Waals surface area contributed by atoms with E-state index < -0.39 is 7.60 Å². The molecule has 20 heavy (non-hydrogen) atoms. The molecule has 0 unspecified atom stereocenters. The summed E-state index contributed by atoms with van der Waals surface area (Å²) in [6, 6.07) is 0. The normalized spacial score (nSPS) is 11.9. The molecule has 0 aromatic rings. The molecule has 0 aromatic carbocycles. The summed E-state index contributed by atoms with van der Waals surface area (Å²) >= 11 is 0.